The standard InChI is InChI=1S/C26H21NO2S/c28-26(27-23-15-12-18-6-4-5-9-22(18)23)25-17-16-24(30-25)19-10-13-21(14-11-19)29-20-7-2-1-3-8-20/h1-11,13-14,16-17,23H,12,15H2,(H,27,28)/t23-/m0/s1. The van der Waals surface area contributed by atoms with Gasteiger partial charge in [-0.3, -0.25) is 4.79 Å². The lowest BCUT2D eigenvalue weighted by Crippen LogP contribution is -2.26. The van der Waals surface area contributed by atoms with Crippen molar-refractivity contribution in [1.29, 1.82) is 0 Å². The van der Waals surface area contributed by atoms with Gasteiger partial charge in [-0.15, -0.1) is 11.3 Å². The Hall–Kier alpha value is -3.37. The fourth-order valence-electron chi connectivity index (χ4n) is 3.86. The number of carbonyl (C=O) groups is 1. The average molecular weight is 412 g/mol. The first kappa shape index (κ1) is 18.6. The lowest BCUT2D eigenvalue weighted by molar-refractivity contribution is 0.0941. The molecule has 1 aliphatic rings. The zero-order valence-corrected chi connectivity index (χ0v) is 17.2. The SMILES string of the molecule is O=C(N[C@H]1CCc2ccccc21)c1ccc(-c2ccc(Oc3ccccc3)cc2)s1. The number of amides is 1. The minimum Gasteiger partial charge on any atom is -0.457 e. The van der Waals surface area contributed by atoms with Gasteiger partial charge in [0.1, 0.15) is 11.5 Å². The van der Waals surface area contributed by atoms with Crippen LogP contribution < -0.4 is 10.1 Å². The summed E-state index contributed by atoms with van der Waals surface area (Å²) in [7, 11) is 0. The number of fused-ring (bicyclic) bond motifs is 1. The van der Waals surface area contributed by atoms with Crippen molar-refractivity contribution in [3.8, 4) is 21.9 Å². The van der Waals surface area contributed by atoms with E-state index in [4.69, 9.17) is 4.74 Å². The Kier molecular flexibility index (Phi) is 5.08. The highest BCUT2D eigenvalue weighted by molar-refractivity contribution is 7.17. The number of para-hydroxylation sites is 1. The summed E-state index contributed by atoms with van der Waals surface area (Å²) in [5, 5.41) is 3.20. The van der Waals surface area contributed by atoms with Crippen LogP contribution in [-0.4, -0.2) is 5.91 Å². The van der Waals surface area contributed by atoms with Crippen LogP contribution in [0.5, 0.6) is 11.5 Å². The lowest BCUT2D eigenvalue weighted by atomic mass is 10.1. The first-order chi connectivity index (χ1) is 14.8. The summed E-state index contributed by atoms with van der Waals surface area (Å²) in [4.78, 5) is 14.6. The Bertz CT molecular complexity index is 1170. The molecule has 4 heteroatoms. The predicted molar refractivity (Wildman–Crippen MR) is 121 cm³/mol. The van der Waals surface area contributed by atoms with Crippen LogP contribution in [0.1, 0.15) is 33.3 Å². The number of benzene rings is 3. The molecule has 0 unspecified atom stereocenters. The molecule has 5 rings (SSSR count). The number of thiophene rings is 1. The van der Waals surface area contributed by atoms with Crippen molar-refractivity contribution in [2.24, 2.45) is 0 Å². The first-order valence-corrected chi connectivity index (χ1v) is 10.9. The quantitative estimate of drug-likeness (QED) is 0.400. The molecule has 3 nitrogen and oxygen atoms in total. The van der Waals surface area contributed by atoms with Gasteiger partial charge >= 0.3 is 0 Å². The molecule has 3 aromatic carbocycles. The van der Waals surface area contributed by atoms with Gasteiger partial charge in [-0.05, 0) is 78.1 Å². The summed E-state index contributed by atoms with van der Waals surface area (Å²) in [6.07, 6.45) is 1.99. The van der Waals surface area contributed by atoms with Crippen LogP contribution in [-0.2, 0) is 6.42 Å². The van der Waals surface area contributed by atoms with E-state index in [1.807, 2.05) is 72.8 Å². The topological polar surface area (TPSA) is 38.3 Å². The maximum absolute atomic E-state index is 12.8. The van der Waals surface area contributed by atoms with Gasteiger partial charge in [0, 0.05) is 4.88 Å². The van der Waals surface area contributed by atoms with Crippen LogP contribution >= 0.6 is 11.3 Å². The highest BCUT2D eigenvalue weighted by Crippen LogP contribution is 2.33. The van der Waals surface area contributed by atoms with Crippen molar-refractivity contribution in [3.63, 3.8) is 0 Å². The van der Waals surface area contributed by atoms with Gasteiger partial charge in [0.05, 0.1) is 10.9 Å². The Morgan fingerprint density at radius 3 is 2.40 bits per heavy atom. The normalized spacial score (nSPS) is 14.9. The van der Waals surface area contributed by atoms with E-state index in [9.17, 15) is 4.79 Å². The van der Waals surface area contributed by atoms with Crippen molar-refractivity contribution < 1.29 is 9.53 Å². The molecule has 0 bridgehead atoms. The first-order valence-electron chi connectivity index (χ1n) is 10.1. The van der Waals surface area contributed by atoms with Gasteiger partial charge in [-0.25, -0.2) is 0 Å². The number of carbonyl (C=O) groups excluding carboxylic acids is 1. The second-order valence-electron chi connectivity index (χ2n) is 7.37. The van der Waals surface area contributed by atoms with E-state index >= 15 is 0 Å². The molecule has 1 heterocycles. The molecule has 0 saturated heterocycles. The molecule has 30 heavy (non-hydrogen) atoms. The summed E-state index contributed by atoms with van der Waals surface area (Å²) >= 11 is 1.52. The van der Waals surface area contributed by atoms with Crippen LogP contribution in [0.2, 0.25) is 0 Å². The monoisotopic (exact) mass is 411 g/mol. The van der Waals surface area contributed by atoms with Gasteiger partial charge in [0.25, 0.3) is 5.91 Å². The van der Waals surface area contributed by atoms with Crippen molar-refractivity contribution >= 4 is 17.2 Å². The van der Waals surface area contributed by atoms with E-state index < -0.39 is 0 Å². The lowest BCUT2D eigenvalue weighted by Gasteiger charge is -2.13. The second kappa shape index (κ2) is 8.17. The maximum Gasteiger partial charge on any atom is 0.261 e. The molecule has 4 aromatic rings. The summed E-state index contributed by atoms with van der Waals surface area (Å²) in [6.45, 7) is 0. The molecule has 1 aromatic heterocycles. The summed E-state index contributed by atoms with van der Waals surface area (Å²) in [6, 6.07) is 30.1. The zero-order valence-electron chi connectivity index (χ0n) is 16.4. The van der Waals surface area contributed by atoms with Crippen molar-refractivity contribution in [1.82, 2.24) is 5.32 Å². The highest BCUT2D eigenvalue weighted by atomic mass is 32.1. The van der Waals surface area contributed by atoms with Gasteiger partial charge in [-0.1, -0.05) is 42.5 Å². The fraction of sp³-hybridized carbons (Fsp3) is 0.115. The Morgan fingerprint density at radius 1 is 0.833 bits per heavy atom. The number of ether oxygens (including phenoxy) is 1. The fourth-order valence-corrected chi connectivity index (χ4v) is 4.78. The number of nitrogens with one attached hydrogen (secondary N) is 1. The van der Waals surface area contributed by atoms with Gasteiger partial charge < -0.3 is 10.1 Å². The highest BCUT2D eigenvalue weighted by Gasteiger charge is 2.24. The molecule has 148 valence electrons. The summed E-state index contributed by atoms with van der Waals surface area (Å²) in [5.74, 6) is 1.60. The number of aryl methyl sites for hydroxylation is 1. The van der Waals surface area contributed by atoms with Crippen LogP contribution in [0, 0.1) is 0 Å². The third-order valence-electron chi connectivity index (χ3n) is 5.39. The van der Waals surface area contributed by atoms with Crippen LogP contribution in [0.4, 0.5) is 0 Å². The molecule has 0 aliphatic heterocycles. The van der Waals surface area contributed by atoms with Crippen molar-refractivity contribution in [2.45, 2.75) is 18.9 Å². The summed E-state index contributed by atoms with van der Waals surface area (Å²) in [5.41, 5.74) is 3.66. The summed E-state index contributed by atoms with van der Waals surface area (Å²) < 4.78 is 5.85. The Labute approximate surface area is 180 Å². The van der Waals surface area contributed by atoms with Gasteiger partial charge in [-0.2, -0.15) is 0 Å². The van der Waals surface area contributed by atoms with Crippen LogP contribution in [0.3, 0.4) is 0 Å². The molecule has 1 N–H and O–H groups in total. The van der Waals surface area contributed by atoms with Crippen molar-refractivity contribution in [3.05, 3.63) is 107 Å². The van der Waals surface area contributed by atoms with E-state index in [0.29, 0.717) is 0 Å². The second-order valence-corrected chi connectivity index (χ2v) is 8.45. The molecule has 0 radical (unpaired) electrons. The minimum atomic E-state index is -0.00279. The number of hydrogen-bond donors (Lipinski definition) is 1. The zero-order chi connectivity index (χ0) is 20.3. The third kappa shape index (κ3) is 3.87. The predicted octanol–water partition coefficient (Wildman–Crippen LogP) is 6.62. The Balaban J connectivity index is 1.27. The Morgan fingerprint density at radius 2 is 1.57 bits per heavy atom. The molecule has 0 fully saturated rings. The van der Waals surface area contributed by atoms with Crippen LogP contribution in [0.25, 0.3) is 10.4 Å². The van der Waals surface area contributed by atoms with Crippen molar-refractivity contribution in [2.75, 3.05) is 0 Å². The molecule has 1 aliphatic carbocycles. The van der Waals surface area contributed by atoms with E-state index in [0.717, 1.165) is 39.7 Å². The number of rotatable bonds is 5. The number of hydrogen-bond acceptors (Lipinski definition) is 3. The van der Waals surface area contributed by atoms with E-state index in [1.165, 1.54) is 22.5 Å². The molecule has 1 amide bonds. The van der Waals surface area contributed by atoms with E-state index in [1.54, 1.807) is 0 Å². The van der Waals surface area contributed by atoms with Gasteiger partial charge in [0.2, 0.25) is 0 Å². The average Bonchev–Trinajstić information content (AvgIpc) is 3.43. The van der Waals surface area contributed by atoms with Crippen LogP contribution in [0.15, 0.2) is 91.0 Å². The molecule has 1 atom stereocenters. The minimum absolute atomic E-state index is 0.00279. The smallest absolute Gasteiger partial charge is 0.261 e. The molecular formula is C26H21NO2S. The van der Waals surface area contributed by atoms with E-state index in [-0.39, 0.29) is 11.9 Å². The molecular weight excluding hydrogens is 390 g/mol. The molecule has 0 spiro atoms. The third-order valence-corrected chi connectivity index (χ3v) is 6.52. The van der Waals surface area contributed by atoms with Gasteiger partial charge in [0.15, 0.2) is 0 Å². The maximum atomic E-state index is 12.8. The van der Waals surface area contributed by atoms with E-state index in [2.05, 4.69) is 23.5 Å². The largest absolute Gasteiger partial charge is 0.457 e. The molecule has 0 saturated carbocycles.